The summed E-state index contributed by atoms with van der Waals surface area (Å²) in [5.41, 5.74) is 7.31. The molecule has 0 fully saturated rings. The van der Waals surface area contributed by atoms with Crippen molar-refractivity contribution >= 4 is 35.1 Å². The largest absolute Gasteiger partial charge is 0.480 e. The van der Waals surface area contributed by atoms with E-state index in [9.17, 15) is 9.59 Å². The molecule has 2 atom stereocenters. The summed E-state index contributed by atoms with van der Waals surface area (Å²) in [6, 6.07) is 2.08. The molecule has 21 heavy (non-hydrogen) atoms. The van der Waals surface area contributed by atoms with Gasteiger partial charge in [-0.15, -0.1) is 0 Å². The number of amides is 1. The number of carboxylic acids is 1. The van der Waals surface area contributed by atoms with E-state index in [1.807, 2.05) is 13.0 Å². The van der Waals surface area contributed by atoms with Crippen molar-refractivity contribution in [3.8, 4) is 0 Å². The number of hydrogen-bond donors (Lipinski definition) is 2. The van der Waals surface area contributed by atoms with Gasteiger partial charge in [0.1, 0.15) is 6.04 Å². The molecule has 0 saturated heterocycles. The summed E-state index contributed by atoms with van der Waals surface area (Å²) in [6.45, 7) is 2.36. The number of rotatable bonds is 3. The summed E-state index contributed by atoms with van der Waals surface area (Å²) in [7, 11) is 0. The molecule has 1 heterocycles. The van der Waals surface area contributed by atoms with Crippen molar-refractivity contribution in [2.24, 2.45) is 5.73 Å². The average Bonchev–Trinajstić information content (AvgIpc) is 2.37. The number of nitrogens with zero attached hydrogens (tertiary/aromatic N) is 1. The predicted octanol–water partition coefficient (Wildman–Crippen LogP) is 2.24. The van der Waals surface area contributed by atoms with Gasteiger partial charge in [-0.05, 0) is 36.6 Å². The van der Waals surface area contributed by atoms with Gasteiger partial charge in [-0.3, -0.25) is 9.59 Å². The molecule has 0 aromatic heterocycles. The third-order valence-electron chi connectivity index (χ3n) is 3.72. The topological polar surface area (TPSA) is 83.6 Å². The molecule has 1 aromatic carbocycles. The monoisotopic (exact) mass is 330 g/mol. The number of benzene rings is 1. The zero-order valence-electron chi connectivity index (χ0n) is 11.5. The predicted molar refractivity (Wildman–Crippen MR) is 80.5 cm³/mol. The molecule has 0 saturated carbocycles. The van der Waals surface area contributed by atoms with Gasteiger partial charge in [0.25, 0.3) is 0 Å². The van der Waals surface area contributed by atoms with E-state index < -0.39 is 12.0 Å². The number of aliphatic carboxylic acids is 1. The lowest BCUT2D eigenvalue weighted by atomic mass is 9.93. The van der Waals surface area contributed by atoms with Crippen molar-refractivity contribution in [1.82, 2.24) is 4.90 Å². The second-order valence-electron chi connectivity index (χ2n) is 5.12. The van der Waals surface area contributed by atoms with E-state index >= 15 is 0 Å². The van der Waals surface area contributed by atoms with Gasteiger partial charge in [0, 0.05) is 16.6 Å². The number of carboxylic acid groups (broad SMARTS) is 1. The summed E-state index contributed by atoms with van der Waals surface area (Å²) in [5, 5.41) is 9.88. The summed E-state index contributed by atoms with van der Waals surface area (Å²) in [4.78, 5) is 24.6. The van der Waals surface area contributed by atoms with Crippen LogP contribution in [0.5, 0.6) is 0 Å². The Morgan fingerprint density at radius 1 is 1.48 bits per heavy atom. The smallest absolute Gasteiger partial charge is 0.321 e. The van der Waals surface area contributed by atoms with Crippen LogP contribution in [0.15, 0.2) is 12.1 Å². The highest BCUT2D eigenvalue weighted by Crippen LogP contribution is 2.37. The number of halogens is 2. The lowest BCUT2D eigenvalue weighted by Gasteiger charge is -2.36. The van der Waals surface area contributed by atoms with Crippen LogP contribution in [0.4, 0.5) is 0 Å². The molecule has 1 amide bonds. The van der Waals surface area contributed by atoms with Crippen LogP contribution in [0.3, 0.4) is 0 Å². The fourth-order valence-electron chi connectivity index (χ4n) is 2.64. The van der Waals surface area contributed by atoms with Crippen LogP contribution >= 0.6 is 23.2 Å². The zero-order valence-corrected chi connectivity index (χ0v) is 13.0. The fourth-order valence-corrected chi connectivity index (χ4v) is 3.33. The molecule has 5 nitrogen and oxygen atoms in total. The van der Waals surface area contributed by atoms with Crippen molar-refractivity contribution < 1.29 is 14.7 Å². The highest BCUT2D eigenvalue weighted by atomic mass is 35.5. The second-order valence-corrected chi connectivity index (χ2v) is 5.97. The lowest BCUT2D eigenvalue weighted by molar-refractivity contribution is -0.143. The summed E-state index contributed by atoms with van der Waals surface area (Å²) in [6.07, 6.45) is 0.411. The van der Waals surface area contributed by atoms with Crippen LogP contribution in [0.1, 0.15) is 30.5 Å². The molecular formula is C14H16Cl2N2O3. The first kappa shape index (κ1) is 16.1. The van der Waals surface area contributed by atoms with Crippen molar-refractivity contribution in [1.29, 1.82) is 0 Å². The van der Waals surface area contributed by atoms with Crippen LogP contribution in [-0.4, -0.2) is 34.5 Å². The van der Waals surface area contributed by atoms with Gasteiger partial charge in [0.15, 0.2) is 0 Å². The highest BCUT2D eigenvalue weighted by molar-refractivity contribution is 6.35. The maximum atomic E-state index is 12.2. The first-order chi connectivity index (χ1) is 9.81. The number of nitrogens with two attached hydrogens (primary N) is 1. The van der Waals surface area contributed by atoms with Crippen LogP contribution in [0.2, 0.25) is 10.0 Å². The molecule has 1 aliphatic heterocycles. The molecule has 0 bridgehead atoms. The molecule has 0 aliphatic carbocycles. The van der Waals surface area contributed by atoms with Crippen LogP contribution < -0.4 is 5.73 Å². The van der Waals surface area contributed by atoms with E-state index in [-0.39, 0.29) is 18.4 Å². The molecule has 114 valence electrons. The minimum Gasteiger partial charge on any atom is -0.480 e. The third kappa shape index (κ3) is 3.31. The third-order valence-corrected chi connectivity index (χ3v) is 4.25. The summed E-state index contributed by atoms with van der Waals surface area (Å²) >= 11 is 12.2. The second kappa shape index (κ2) is 6.22. The Balaban J connectivity index is 2.22. The Labute approximate surface area is 132 Å². The molecule has 0 radical (unpaired) electrons. The maximum Gasteiger partial charge on any atom is 0.321 e. The van der Waals surface area contributed by atoms with E-state index in [4.69, 9.17) is 34.0 Å². The molecule has 0 spiro atoms. The van der Waals surface area contributed by atoms with Crippen molar-refractivity contribution in [3.63, 3.8) is 0 Å². The summed E-state index contributed by atoms with van der Waals surface area (Å²) < 4.78 is 0. The highest BCUT2D eigenvalue weighted by Gasteiger charge is 2.31. The minimum atomic E-state index is -1.19. The Hall–Kier alpha value is -1.30. The van der Waals surface area contributed by atoms with Crippen LogP contribution in [0, 0.1) is 0 Å². The Bertz CT molecular complexity index is 592. The van der Waals surface area contributed by atoms with Gasteiger partial charge in [0.05, 0.1) is 12.5 Å². The zero-order chi connectivity index (χ0) is 15.7. The van der Waals surface area contributed by atoms with Crippen LogP contribution in [0.25, 0.3) is 0 Å². The van der Waals surface area contributed by atoms with E-state index in [0.717, 1.165) is 11.1 Å². The Morgan fingerprint density at radius 3 is 2.76 bits per heavy atom. The Morgan fingerprint density at radius 2 is 2.14 bits per heavy atom. The summed E-state index contributed by atoms with van der Waals surface area (Å²) in [5.74, 6) is -1.47. The van der Waals surface area contributed by atoms with E-state index in [1.54, 1.807) is 11.0 Å². The quantitative estimate of drug-likeness (QED) is 0.890. The normalized spacial score (nSPS) is 19.0. The molecule has 1 aromatic rings. The SMILES string of the molecule is CC1c2c(Cl)cc(Cl)cc2CCN1C(=O)C[C@H](N)C(=O)O. The van der Waals surface area contributed by atoms with Crippen molar-refractivity contribution in [3.05, 3.63) is 33.3 Å². The number of hydrogen-bond acceptors (Lipinski definition) is 3. The standard InChI is InChI=1S/C14H16Cl2N2O3/c1-7-13-8(4-9(15)5-10(13)16)2-3-18(7)12(19)6-11(17)14(20)21/h4-5,7,11H,2-3,6,17H2,1H3,(H,20,21)/t7?,11-/m0/s1. The van der Waals surface area contributed by atoms with Gasteiger partial charge in [-0.25, -0.2) is 0 Å². The molecule has 3 N–H and O–H groups in total. The molecule has 1 unspecified atom stereocenters. The van der Waals surface area contributed by atoms with Gasteiger partial charge in [-0.1, -0.05) is 23.2 Å². The number of carbonyl (C=O) groups is 2. The maximum absolute atomic E-state index is 12.2. The number of carbonyl (C=O) groups excluding carboxylic acids is 1. The van der Waals surface area contributed by atoms with E-state index in [2.05, 4.69) is 0 Å². The lowest BCUT2D eigenvalue weighted by Crippen LogP contribution is -2.43. The van der Waals surface area contributed by atoms with E-state index in [0.29, 0.717) is 23.0 Å². The molecular weight excluding hydrogens is 315 g/mol. The van der Waals surface area contributed by atoms with E-state index in [1.165, 1.54) is 0 Å². The molecule has 7 heteroatoms. The van der Waals surface area contributed by atoms with Crippen molar-refractivity contribution in [2.75, 3.05) is 6.54 Å². The van der Waals surface area contributed by atoms with Gasteiger partial charge in [0.2, 0.25) is 5.91 Å². The first-order valence-corrected chi connectivity index (χ1v) is 7.32. The van der Waals surface area contributed by atoms with Gasteiger partial charge >= 0.3 is 5.97 Å². The first-order valence-electron chi connectivity index (χ1n) is 6.57. The van der Waals surface area contributed by atoms with Crippen LogP contribution in [-0.2, 0) is 16.0 Å². The molecule has 2 rings (SSSR count). The van der Waals surface area contributed by atoms with Crippen molar-refractivity contribution in [2.45, 2.75) is 31.8 Å². The minimum absolute atomic E-state index is 0.222. The fraction of sp³-hybridized carbons (Fsp3) is 0.429. The van der Waals surface area contributed by atoms with Gasteiger partial charge in [-0.2, -0.15) is 0 Å². The average molecular weight is 331 g/mol. The number of fused-ring (bicyclic) bond motifs is 1. The molecule has 1 aliphatic rings. The Kier molecular flexibility index (Phi) is 4.76. The van der Waals surface area contributed by atoms with Gasteiger partial charge < -0.3 is 15.7 Å².